The zero-order valence-corrected chi connectivity index (χ0v) is 15.8. The second-order valence-corrected chi connectivity index (χ2v) is 6.65. The lowest BCUT2D eigenvalue weighted by molar-refractivity contribution is -0.141. The minimum atomic E-state index is -0.0855. The van der Waals surface area contributed by atoms with Crippen LogP contribution in [-0.4, -0.2) is 54.1 Å². The fourth-order valence-corrected chi connectivity index (χ4v) is 3.58. The molecule has 6 heteroatoms. The summed E-state index contributed by atoms with van der Waals surface area (Å²) in [5, 5.41) is 4.74. The van der Waals surface area contributed by atoms with Gasteiger partial charge in [0.05, 0.1) is 44.5 Å². The van der Waals surface area contributed by atoms with E-state index in [2.05, 4.69) is 19.1 Å². The number of rotatable bonds is 6. The predicted molar refractivity (Wildman–Crippen MR) is 99.0 cm³/mol. The molecule has 1 amide bonds. The molecule has 26 heavy (non-hydrogen) atoms. The molecule has 1 aromatic carbocycles. The first-order valence-electron chi connectivity index (χ1n) is 9.05. The summed E-state index contributed by atoms with van der Waals surface area (Å²) in [6.45, 7) is 6.94. The highest BCUT2D eigenvalue weighted by atomic mass is 16.5. The third kappa shape index (κ3) is 3.97. The standard InChI is InChI=1S/C20H27N3O3/c1-15-20(16(2)23(21-15)13-17-7-5-4-6-8-17)18-14-26-12-10-22(18)19(24)9-11-25-3/h4-8,18H,9-14H2,1-3H3. The number of morpholine rings is 1. The summed E-state index contributed by atoms with van der Waals surface area (Å²) in [4.78, 5) is 14.5. The van der Waals surface area contributed by atoms with E-state index < -0.39 is 0 Å². The lowest BCUT2D eigenvalue weighted by Gasteiger charge is -2.36. The van der Waals surface area contributed by atoms with E-state index in [9.17, 15) is 4.79 Å². The molecule has 0 saturated carbocycles. The largest absolute Gasteiger partial charge is 0.384 e. The van der Waals surface area contributed by atoms with E-state index in [1.54, 1.807) is 7.11 Å². The number of methoxy groups -OCH3 is 1. The summed E-state index contributed by atoms with van der Waals surface area (Å²) in [5.41, 5.74) is 4.36. The Morgan fingerprint density at radius 2 is 2.08 bits per heavy atom. The Balaban J connectivity index is 1.85. The van der Waals surface area contributed by atoms with Crippen molar-refractivity contribution in [2.75, 3.05) is 33.5 Å². The molecule has 0 radical (unpaired) electrons. The van der Waals surface area contributed by atoms with Crippen LogP contribution >= 0.6 is 0 Å². The summed E-state index contributed by atoms with van der Waals surface area (Å²) < 4.78 is 12.8. The molecule has 3 rings (SSSR count). The van der Waals surface area contributed by atoms with Gasteiger partial charge in [0.2, 0.25) is 5.91 Å². The molecule has 1 aromatic heterocycles. The lowest BCUT2D eigenvalue weighted by Crippen LogP contribution is -2.44. The highest BCUT2D eigenvalue weighted by molar-refractivity contribution is 5.77. The van der Waals surface area contributed by atoms with Crippen molar-refractivity contribution in [3.05, 3.63) is 52.8 Å². The molecule has 1 atom stereocenters. The molecule has 1 saturated heterocycles. The van der Waals surface area contributed by atoms with Crippen LogP contribution in [0, 0.1) is 13.8 Å². The molecule has 140 valence electrons. The van der Waals surface area contributed by atoms with Crippen LogP contribution in [0.15, 0.2) is 30.3 Å². The van der Waals surface area contributed by atoms with Crippen molar-refractivity contribution in [2.45, 2.75) is 32.9 Å². The molecule has 0 N–H and O–H groups in total. The quantitative estimate of drug-likeness (QED) is 0.797. The van der Waals surface area contributed by atoms with Gasteiger partial charge in [-0.05, 0) is 19.4 Å². The molecule has 2 heterocycles. The number of carbonyl (C=O) groups is 1. The van der Waals surface area contributed by atoms with Gasteiger partial charge in [-0.1, -0.05) is 30.3 Å². The first-order valence-corrected chi connectivity index (χ1v) is 9.05. The van der Waals surface area contributed by atoms with Crippen LogP contribution in [0.1, 0.15) is 35.0 Å². The Bertz CT molecular complexity index is 742. The third-order valence-corrected chi connectivity index (χ3v) is 4.91. The molecule has 0 spiro atoms. The van der Waals surface area contributed by atoms with Crippen molar-refractivity contribution < 1.29 is 14.3 Å². The van der Waals surface area contributed by atoms with Crippen molar-refractivity contribution in [2.24, 2.45) is 0 Å². The average Bonchev–Trinajstić information content (AvgIpc) is 2.94. The normalized spacial score (nSPS) is 17.5. The Kier molecular flexibility index (Phi) is 6.06. The smallest absolute Gasteiger partial charge is 0.225 e. The zero-order valence-electron chi connectivity index (χ0n) is 15.8. The molecular weight excluding hydrogens is 330 g/mol. The first kappa shape index (κ1) is 18.6. The SMILES string of the molecule is COCCC(=O)N1CCOCC1c1c(C)nn(Cc2ccccc2)c1C. The third-order valence-electron chi connectivity index (χ3n) is 4.91. The van der Waals surface area contributed by atoms with Gasteiger partial charge in [-0.2, -0.15) is 5.10 Å². The van der Waals surface area contributed by atoms with Gasteiger partial charge in [0.1, 0.15) is 0 Å². The molecular formula is C20H27N3O3. The second-order valence-electron chi connectivity index (χ2n) is 6.65. The zero-order chi connectivity index (χ0) is 18.5. The van der Waals surface area contributed by atoms with Crippen LogP contribution in [0.4, 0.5) is 0 Å². The molecule has 0 aliphatic carbocycles. The van der Waals surface area contributed by atoms with Crippen LogP contribution in [0.3, 0.4) is 0 Å². The summed E-state index contributed by atoms with van der Waals surface area (Å²) in [5.74, 6) is 0.106. The van der Waals surface area contributed by atoms with Crippen molar-refractivity contribution in [3.8, 4) is 0 Å². The van der Waals surface area contributed by atoms with E-state index in [1.165, 1.54) is 5.56 Å². The van der Waals surface area contributed by atoms with Gasteiger partial charge < -0.3 is 14.4 Å². The molecule has 1 unspecified atom stereocenters. The summed E-state index contributed by atoms with van der Waals surface area (Å²) in [7, 11) is 1.62. The predicted octanol–water partition coefficient (Wildman–Crippen LogP) is 2.48. The van der Waals surface area contributed by atoms with Gasteiger partial charge in [-0.25, -0.2) is 0 Å². The number of amides is 1. The van der Waals surface area contributed by atoms with Gasteiger partial charge in [0.25, 0.3) is 0 Å². The Hall–Kier alpha value is -2.18. The minimum Gasteiger partial charge on any atom is -0.384 e. The van der Waals surface area contributed by atoms with Gasteiger partial charge >= 0.3 is 0 Å². The van der Waals surface area contributed by atoms with Crippen LogP contribution in [0.5, 0.6) is 0 Å². The number of hydrogen-bond acceptors (Lipinski definition) is 4. The van der Waals surface area contributed by atoms with Crippen LogP contribution < -0.4 is 0 Å². The van der Waals surface area contributed by atoms with E-state index in [0.29, 0.717) is 32.8 Å². The van der Waals surface area contributed by atoms with E-state index >= 15 is 0 Å². The number of aromatic nitrogens is 2. The average molecular weight is 357 g/mol. The van der Waals surface area contributed by atoms with Crippen molar-refractivity contribution >= 4 is 5.91 Å². The van der Waals surface area contributed by atoms with Gasteiger partial charge in [0.15, 0.2) is 0 Å². The fraction of sp³-hybridized carbons (Fsp3) is 0.500. The molecule has 1 aliphatic heterocycles. The van der Waals surface area contributed by atoms with Crippen molar-refractivity contribution in [3.63, 3.8) is 0 Å². The summed E-state index contributed by atoms with van der Waals surface area (Å²) in [6, 6.07) is 10.2. The highest BCUT2D eigenvalue weighted by Gasteiger charge is 2.32. The summed E-state index contributed by atoms with van der Waals surface area (Å²) in [6.07, 6.45) is 0.392. The fourth-order valence-electron chi connectivity index (χ4n) is 3.58. The van der Waals surface area contributed by atoms with Crippen LogP contribution in [0.2, 0.25) is 0 Å². The lowest BCUT2D eigenvalue weighted by atomic mass is 10.0. The number of aryl methyl sites for hydroxylation is 1. The van der Waals surface area contributed by atoms with Crippen molar-refractivity contribution in [1.29, 1.82) is 0 Å². The molecule has 0 bridgehead atoms. The van der Waals surface area contributed by atoms with E-state index in [-0.39, 0.29) is 11.9 Å². The summed E-state index contributed by atoms with van der Waals surface area (Å²) >= 11 is 0. The second kappa shape index (κ2) is 8.47. The number of nitrogens with zero attached hydrogens (tertiary/aromatic N) is 3. The maximum atomic E-state index is 12.6. The monoisotopic (exact) mass is 357 g/mol. The minimum absolute atomic E-state index is 0.0855. The number of benzene rings is 1. The van der Waals surface area contributed by atoms with Gasteiger partial charge in [0, 0.05) is 24.9 Å². The highest BCUT2D eigenvalue weighted by Crippen LogP contribution is 2.30. The van der Waals surface area contributed by atoms with E-state index in [4.69, 9.17) is 14.6 Å². The first-order chi connectivity index (χ1) is 12.6. The molecule has 1 fully saturated rings. The Labute approximate surface area is 154 Å². The van der Waals surface area contributed by atoms with Crippen LogP contribution in [-0.2, 0) is 20.8 Å². The number of hydrogen-bond donors (Lipinski definition) is 0. The maximum absolute atomic E-state index is 12.6. The van der Waals surface area contributed by atoms with Gasteiger partial charge in [-0.15, -0.1) is 0 Å². The van der Waals surface area contributed by atoms with Gasteiger partial charge in [-0.3, -0.25) is 9.48 Å². The van der Waals surface area contributed by atoms with Crippen LogP contribution in [0.25, 0.3) is 0 Å². The van der Waals surface area contributed by atoms with E-state index in [1.807, 2.05) is 34.7 Å². The van der Waals surface area contributed by atoms with E-state index in [0.717, 1.165) is 23.5 Å². The van der Waals surface area contributed by atoms with Crippen molar-refractivity contribution in [1.82, 2.24) is 14.7 Å². The Morgan fingerprint density at radius 3 is 2.81 bits per heavy atom. The Morgan fingerprint density at radius 1 is 1.31 bits per heavy atom. The number of carbonyl (C=O) groups excluding carboxylic acids is 1. The maximum Gasteiger partial charge on any atom is 0.225 e. The molecule has 2 aromatic rings. The number of ether oxygens (including phenoxy) is 2. The topological polar surface area (TPSA) is 56.6 Å². The molecule has 1 aliphatic rings. The molecule has 6 nitrogen and oxygen atoms in total.